The Morgan fingerprint density at radius 1 is 1.57 bits per heavy atom. The molecule has 1 aromatic heterocycles. The third-order valence-electron chi connectivity index (χ3n) is 1.79. The van der Waals surface area contributed by atoms with E-state index in [1.165, 1.54) is 12.3 Å². The van der Waals surface area contributed by atoms with Crippen LogP contribution in [0, 0.1) is 0 Å². The lowest BCUT2D eigenvalue weighted by atomic mass is 10.2. The molecule has 0 aliphatic carbocycles. The van der Waals surface area contributed by atoms with E-state index >= 15 is 0 Å². The van der Waals surface area contributed by atoms with E-state index < -0.39 is 15.7 Å². The summed E-state index contributed by atoms with van der Waals surface area (Å²) < 4.78 is 22.1. The normalized spacial score (nSPS) is 11.5. The Morgan fingerprint density at radius 2 is 2.21 bits per heavy atom. The smallest absolute Gasteiger partial charge is 0.217 e. The lowest BCUT2D eigenvalue weighted by molar-refractivity contribution is -0.118. The van der Waals surface area contributed by atoms with E-state index in [9.17, 15) is 13.2 Å². The molecular formula is C8H12N2O3S. The number of sulfone groups is 1. The topological polar surface area (TPSA) is 93.0 Å². The van der Waals surface area contributed by atoms with E-state index in [1.54, 1.807) is 0 Å². The molecule has 1 amide bonds. The first kappa shape index (κ1) is 10.8. The van der Waals surface area contributed by atoms with Crippen molar-refractivity contribution >= 4 is 15.7 Å². The molecule has 0 saturated carbocycles. The van der Waals surface area contributed by atoms with Crippen LogP contribution in [0.3, 0.4) is 0 Å². The van der Waals surface area contributed by atoms with Gasteiger partial charge in [0.1, 0.15) is 0 Å². The number of aryl methyl sites for hydroxylation is 1. The van der Waals surface area contributed by atoms with Gasteiger partial charge in [-0.2, -0.15) is 0 Å². The zero-order valence-electron chi connectivity index (χ0n) is 7.78. The summed E-state index contributed by atoms with van der Waals surface area (Å²) in [6, 6.07) is 1.51. The van der Waals surface area contributed by atoms with E-state index in [4.69, 9.17) is 5.73 Å². The Kier molecular flexibility index (Phi) is 2.95. The predicted molar refractivity (Wildman–Crippen MR) is 51.4 cm³/mol. The van der Waals surface area contributed by atoms with Gasteiger partial charge in [-0.1, -0.05) is 0 Å². The van der Waals surface area contributed by atoms with Gasteiger partial charge in [-0.3, -0.25) is 4.79 Å². The lowest BCUT2D eigenvalue weighted by Crippen LogP contribution is -2.11. The van der Waals surface area contributed by atoms with E-state index in [1.807, 2.05) is 0 Å². The number of carbonyl (C=O) groups is 1. The quantitative estimate of drug-likeness (QED) is 0.732. The molecule has 0 saturated heterocycles. The van der Waals surface area contributed by atoms with Gasteiger partial charge in [0, 0.05) is 24.6 Å². The van der Waals surface area contributed by atoms with Crippen LogP contribution >= 0.6 is 0 Å². The summed E-state index contributed by atoms with van der Waals surface area (Å²) in [5, 5.41) is 0. The highest BCUT2D eigenvalue weighted by Crippen LogP contribution is 2.11. The number of rotatable bonds is 4. The summed E-state index contributed by atoms with van der Waals surface area (Å²) in [6.07, 6.45) is 3.19. The van der Waals surface area contributed by atoms with Crippen LogP contribution in [0.4, 0.5) is 0 Å². The van der Waals surface area contributed by atoms with Gasteiger partial charge in [-0.15, -0.1) is 0 Å². The van der Waals surface area contributed by atoms with E-state index in [0.717, 1.165) is 6.26 Å². The van der Waals surface area contributed by atoms with Crippen LogP contribution in [-0.4, -0.2) is 25.6 Å². The molecule has 0 radical (unpaired) electrons. The molecule has 14 heavy (non-hydrogen) atoms. The Bertz CT molecular complexity index is 433. The van der Waals surface area contributed by atoms with Crippen molar-refractivity contribution in [3.63, 3.8) is 0 Å². The van der Waals surface area contributed by atoms with Crippen LogP contribution in [0.2, 0.25) is 0 Å². The maximum Gasteiger partial charge on any atom is 0.217 e. The molecule has 0 aliphatic heterocycles. The van der Waals surface area contributed by atoms with Crippen molar-refractivity contribution in [1.82, 2.24) is 4.98 Å². The van der Waals surface area contributed by atoms with Crippen LogP contribution in [0.1, 0.15) is 12.1 Å². The van der Waals surface area contributed by atoms with Crippen LogP contribution < -0.4 is 5.73 Å². The molecule has 0 aromatic carbocycles. The molecule has 0 aliphatic rings. The molecule has 6 heteroatoms. The maximum atomic E-state index is 11.1. The van der Waals surface area contributed by atoms with Crippen LogP contribution in [0.25, 0.3) is 0 Å². The van der Waals surface area contributed by atoms with Crippen LogP contribution in [0.15, 0.2) is 17.2 Å². The molecule has 0 spiro atoms. The van der Waals surface area contributed by atoms with Crippen molar-refractivity contribution in [2.75, 3.05) is 6.26 Å². The number of nitrogens with one attached hydrogen (secondary N) is 1. The average molecular weight is 216 g/mol. The number of nitrogens with two attached hydrogens (primary N) is 1. The summed E-state index contributed by atoms with van der Waals surface area (Å²) in [4.78, 5) is 13.5. The van der Waals surface area contributed by atoms with Gasteiger partial charge in [0.25, 0.3) is 0 Å². The second-order valence-corrected chi connectivity index (χ2v) is 5.11. The highest BCUT2D eigenvalue weighted by molar-refractivity contribution is 7.90. The first-order valence-electron chi connectivity index (χ1n) is 4.05. The van der Waals surface area contributed by atoms with Gasteiger partial charge in [-0.05, 0) is 12.5 Å². The lowest BCUT2D eigenvalue weighted by Gasteiger charge is -1.92. The molecule has 0 unspecified atom stereocenters. The Hall–Kier alpha value is -1.30. The summed E-state index contributed by atoms with van der Waals surface area (Å²) >= 11 is 0. The first-order valence-corrected chi connectivity index (χ1v) is 5.94. The molecule has 0 atom stereocenters. The van der Waals surface area contributed by atoms with Crippen molar-refractivity contribution in [3.05, 3.63) is 18.0 Å². The van der Waals surface area contributed by atoms with E-state index in [-0.39, 0.29) is 11.3 Å². The summed E-state index contributed by atoms with van der Waals surface area (Å²) in [6.45, 7) is 0. The van der Waals surface area contributed by atoms with Gasteiger partial charge in [-0.25, -0.2) is 8.42 Å². The fourth-order valence-electron chi connectivity index (χ4n) is 1.04. The molecule has 0 fully saturated rings. The maximum absolute atomic E-state index is 11.1. The van der Waals surface area contributed by atoms with Crippen LogP contribution in [0.5, 0.6) is 0 Å². The molecule has 1 heterocycles. The number of hydrogen-bond acceptors (Lipinski definition) is 3. The molecule has 78 valence electrons. The van der Waals surface area contributed by atoms with Crippen molar-refractivity contribution < 1.29 is 13.2 Å². The number of primary amides is 1. The summed E-state index contributed by atoms with van der Waals surface area (Å²) in [7, 11) is -3.17. The number of hydrogen-bond donors (Lipinski definition) is 2. The van der Waals surface area contributed by atoms with Crippen molar-refractivity contribution in [3.8, 4) is 0 Å². The van der Waals surface area contributed by atoms with Crippen molar-refractivity contribution in [1.29, 1.82) is 0 Å². The fourth-order valence-corrected chi connectivity index (χ4v) is 1.66. The molecule has 1 rings (SSSR count). The fraction of sp³-hybridized carbons (Fsp3) is 0.375. The Labute approximate surface area is 82.2 Å². The second kappa shape index (κ2) is 3.83. The molecule has 3 N–H and O–H groups in total. The summed E-state index contributed by atoms with van der Waals surface area (Å²) in [5.74, 6) is -0.402. The number of carbonyl (C=O) groups excluding carboxylic acids is 1. The molecule has 5 nitrogen and oxygen atoms in total. The largest absolute Gasteiger partial charge is 0.370 e. The molecule has 1 aromatic rings. The van der Waals surface area contributed by atoms with Gasteiger partial charge in [0.15, 0.2) is 9.84 Å². The van der Waals surface area contributed by atoms with Gasteiger partial charge < -0.3 is 10.7 Å². The second-order valence-electron chi connectivity index (χ2n) is 3.10. The predicted octanol–water partition coefficient (Wildman–Crippen LogP) is -0.164. The highest BCUT2D eigenvalue weighted by Gasteiger charge is 2.09. The standard InChI is InChI=1S/C8H12N2O3S/c1-14(12,13)7-4-6(10-5-7)2-3-8(9)11/h4-5,10H,2-3H2,1H3,(H2,9,11). The van der Waals surface area contributed by atoms with Gasteiger partial charge in [0.2, 0.25) is 5.91 Å². The Morgan fingerprint density at radius 3 is 2.64 bits per heavy atom. The van der Waals surface area contributed by atoms with E-state index in [0.29, 0.717) is 12.1 Å². The Balaban J connectivity index is 2.74. The monoisotopic (exact) mass is 216 g/mol. The number of aromatic nitrogens is 1. The minimum atomic E-state index is -3.17. The van der Waals surface area contributed by atoms with Crippen molar-refractivity contribution in [2.45, 2.75) is 17.7 Å². The molecule has 0 bridgehead atoms. The third-order valence-corrected chi connectivity index (χ3v) is 2.88. The SMILES string of the molecule is CS(=O)(=O)c1c[nH]c(CCC(N)=O)c1. The molecular weight excluding hydrogens is 204 g/mol. The zero-order valence-corrected chi connectivity index (χ0v) is 8.60. The van der Waals surface area contributed by atoms with Gasteiger partial charge in [0.05, 0.1) is 4.90 Å². The average Bonchev–Trinajstić information content (AvgIpc) is 2.47. The van der Waals surface area contributed by atoms with Crippen molar-refractivity contribution in [2.24, 2.45) is 5.73 Å². The zero-order chi connectivity index (χ0) is 10.8. The van der Waals surface area contributed by atoms with E-state index in [2.05, 4.69) is 4.98 Å². The minimum absolute atomic E-state index is 0.212. The first-order chi connectivity index (χ1) is 6.39. The van der Waals surface area contributed by atoms with Gasteiger partial charge >= 0.3 is 0 Å². The summed E-state index contributed by atoms with van der Waals surface area (Å²) in [5.41, 5.74) is 5.66. The number of H-pyrrole nitrogens is 1. The number of amides is 1. The van der Waals surface area contributed by atoms with Crippen LogP contribution in [-0.2, 0) is 21.1 Å². The minimum Gasteiger partial charge on any atom is -0.370 e. The highest BCUT2D eigenvalue weighted by atomic mass is 32.2. The third kappa shape index (κ3) is 2.88. The number of aromatic amines is 1.